The summed E-state index contributed by atoms with van der Waals surface area (Å²) in [6.45, 7) is 6.92. The molecule has 1 saturated heterocycles. The number of amides is 1. The van der Waals surface area contributed by atoms with Crippen LogP contribution in [0.3, 0.4) is 0 Å². The van der Waals surface area contributed by atoms with Gasteiger partial charge < -0.3 is 5.32 Å². The first kappa shape index (κ1) is 19.9. The van der Waals surface area contributed by atoms with Gasteiger partial charge in [-0.05, 0) is 43.2 Å². The van der Waals surface area contributed by atoms with E-state index in [0.29, 0.717) is 32.4 Å². The van der Waals surface area contributed by atoms with Crippen LogP contribution in [-0.4, -0.2) is 37.5 Å². The molecule has 0 bridgehead atoms. The van der Waals surface area contributed by atoms with Crippen LogP contribution in [0.25, 0.3) is 0 Å². The molecule has 0 saturated carbocycles. The van der Waals surface area contributed by atoms with Crippen LogP contribution in [0.1, 0.15) is 51.2 Å². The van der Waals surface area contributed by atoms with E-state index in [1.54, 1.807) is 0 Å². The first-order valence-electron chi connectivity index (χ1n) is 9.32. The van der Waals surface area contributed by atoms with E-state index in [-0.39, 0.29) is 17.6 Å². The van der Waals surface area contributed by atoms with E-state index < -0.39 is 10.0 Å². The number of carbonyl (C=O) groups is 1. The highest BCUT2D eigenvalue weighted by Crippen LogP contribution is 2.26. The molecule has 140 valence electrons. The third-order valence-electron chi connectivity index (χ3n) is 4.93. The van der Waals surface area contributed by atoms with Crippen molar-refractivity contribution >= 4 is 21.6 Å². The fourth-order valence-electron chi connectivity index (χ4n) is 3.41. The fraction of sp³-hybridized carbons (Fsp3) is 0.632. The SMILES string of the molecule is CCCS(=O)(=O)N1CCC(C(=O)Nc2c(CC)cccc2CC)CC1. The molecule has 0 spiro atoms. The van der Waals surface area contributed by atoms with Gasteiger partial charge in [0.1, 0.15) is 0 Å². The highest BCUT2D eigenvalue weighted by Gasteiger charge is 2.30. The number of para-hydroxylation sites is 1. The standard InChI is InChI=1S/C19H30N2O3S/c1-4-14-25(23,24)21-12-10-17(11-13-21)19(22)20-18-15(5-2)8-7-9-16(18)6-3/h7-9,17H,4-6,10-14H2,1-3H3,(H,20,22). The molecule has 1 aromatic carbocycles. The molecule has 1 fully saturated rings. The lowest BCUT2D eigenvalue weighted by Crippen LogP contribution is -2.42. The van der Waals surface area contributed by atoms with E-state index in [2.05, 4.69) is 31.3 Å². The zero-order valence-corrected chi connectivity index (χ0v) is 16.4. The van der Waals surface area contributed by atoms with Crippen molar-refractivity contribution in [3.05, 3.63) is 29.3 Å². The smallest absolute Gasteiger partial charge is 0.227 e. The van der Waals surface area contributed by atoms with Crippen molar-refractivity contribution in [1.82, 2.24) is 4.31 Å². The molecular weight excluding hydrogens is 336 g/mol. The molecule has 1 aromatic rings. The molecule has 0 aliphatic carbocycles. The molecule has 0 unspecified atom stereocenters. The van der Waals surface area contributed by atoms with Crippen molar-refractivity contribution in [2.24, 2.45) is 5.92 Å². The summed E-state index contributed by atoms with van der Waals surface area (Å²) in [4.78, 5) is 12.7. The Labute approximate surface area is 151 Å². The zero-order chi connectivity index (χ0) is 18.4. The van der Waals surface area contributed by atoms with Gasteiger partial charge in [-0.15, -0.1) is 0 Å². The van der Waals surface area contributed by atoms with E-state index in [9.17, 15) is 13.2 Å². The number of benzene rings is 1. The highest BCUT2D eigenvalue weighted by molar-refractivity contribution is 7.89. The maximum absolute atomic E-state index is 12.7. The molecule has 5 nitrogen and oxygen atoms in total. The summed E-state index contributed by atoms with van der Waals surface area (Å²) in [7, 11) is -3.16. The molecule has 1 amide bonds. The van der Waals surface area contributed by atoms with Crippen LogP contribution >= 0.6 is 0 Å². The molecule has 25 heavy (non-hydrogen) atoms. The Bertz CT molecular complexity index is 670. The quantitative estimate of drug-likeness (QED) is 0.806. The fourth-order valence-corrected chi connectivity index (χ4v) is 4.95. The third-order valence-corrected chi connectivity index (χ3v) is 7.00. The third kappa shape index (κ3) is 4.82. The van der Waals surface area contributed by atoms with Crippen LogP contribution in [0.2, 0.25) is 0 Å². The summed E-state index contributed by atoms with van der Waals surface area (Å²) in [6, 6.07) is 6.13. The van der Waals surface area contributed by atoms with Crippen molar-refractivity contribution in [2.45, 2.75) is 52.9 Å². The van der Waals surface area contributed by atoms with Gasteiger partial charge in [0.25, 0.3) is 0 Å². The molecule has 1 aliphatic heterocycles. The van der Waals surface area contributed by atoms with Crippen molar-refractivity contribution in [3.63, 3.8) is 0 Å². The number of anilines is 1. The predicted molar refractivity (Wildman–Crippen MR) is 102 cm³/mol. The van der Waals surface area contributed by atoms with E-state index in [1.807, 2.05) is 13.0 Å². The first-order chi connectivity index (χ1) is 11.9. The largest absolute Gasteiger partial charge is 0.325 e. The summed E-state index contributed by atoms with van der Waals surface area (Å²) >= 11 is 0. The van der Waals surface area contributed by atoms with E-state index in [0.717, 1.165) is 29.7 Å². The summed E-state index contributed by atoms with van der Waals surface area (Å²) in [6.07, 6.45) is 3.54. The van der Waals surface area contributed by atoms with Gasteiger partial charge in [0, 0.05) is 24.7 Å². The lowest BCUT2D eigenvalue weighted by atomic mass is 9.96. The van der Waals surface area contributed by atoms with Crippen LogP contribution < -0.4 is 5.32 Å². The summed E-state index contributed by atoms with van der Waals surface area (Å²) in [5.41, 5.74) is 3.24. The number of hydrogen-bond donors (Lipinski definition) is 1. The molecule has 1 heterocycles. The number of sulfonamides is 1. The Morgan fingerprint density at radius 1 is 1.12 bits per heavy atom. The molecule has 0 atom stereocenters. The Kier molecular flexibility index (Phi) is 7.02. The second-order valence-corrected chi connectivity index (χ2v) is 8.73. The number of nitrogens with zero attached hydrogens (tertiary/aromatic N) is 1. The van der Waals surface area contributed by atoms with Gasteiger partial charge in [0.2, 0.25) is 15.9 Å². The highest BCUT2D eigenvalue weighted by atomic mass is 32.2. The Balaban J connectivity index is 2.02. The molecule has 6 heteroatoms. The summed E-state index contributed by atoms with van der Waals surface area (Å²) in [5, 5.41) is 3.12. The number of rotatable bonds is 7. The van der Waals surface area contributed by atoms with Crippen LogP contribution in [-0.2, 0) is 27.7 Å². The molecule has 1 aliphatic rings. The lowest BCUT2D eigenvalue weighted by molar-refractivity contribution is -0.120. The lowest BCUT2D eigenvalue weighted by Gasteiger charge is -2.30. The van der Waals surface area contributed by atoms with Crippen LogP contribution in [0.4, 0.5) is 5.69 Å². The van der Waals surface area contributed by atoms with Gasteiger partial charge in [0.15, 0.2) is 0 Å². The number of carbonyl (C=O) groups excluding carboxylic acids is 1. The van der Waals surface area contributed by atoms with Crippen LogP contribution in [0.5, 0.6) is 0 Å². The predicted octanol–water partition coefficient (Wildman–Crippen LogP) is 3.20. The van der Waals surface area contributed by atoms with Gasteiger partial charge >= 0.3 is 0 Å². The van der Waals surface area contributed by atoms with Crippen molar-refractivity contribution in [3.8, 4) is 0 Å². The van der Waals surface area contributed by atoms with Crippen molar-refractivity contribution < 1.29 is 13.2 Å². The van der Waals surface area contributed by atoms with Gasteiger partial charge in [-0.25, -0.2) is 12.7 Å². The number of piperidine rings is 1. The van der Waals surface area contributed by atoms with Gasteiger partial charge in [-0.1, -0.05) is 39.0 Å². The van der Waals surface area contributed by atoms with Crippen LogP contribution in [0, 0.1) is 5.92 Å². The van der Waals surface area contributed by atoms with E-state index in [4.69, 9.17) is 0 Å². The Morgan fingerprint density at radius 3 is 2.16 bits per heavy atom. The van der Waals surface area contributed by atoms with Gasteiger partial charge in [-0.2, -0.15) is 0 Å². The molecule has 2 rings (SSSR count). The number of hydrogen-bond acceptors (Lipinski definition) is 3. The van der Waals surface area contributed by atoms with Crippen LogP contribution in [0.15, 0.2) is 18.2 Å². The number of aryl methyl sites for hydroxylation is 2. The second-order valence-electron chi connectivity index (χ2n) is 6.64. The summed E-state index contributed by atoms with van der Waals surface area (Å²) in [5.74, 6) is 0.0824. The maximum Gasteiger partial charge on any atom is 0.227 e. The molecule has 1 N–H and O–H groups in total. The maximum atomic E-state index is 12.7. The Hall–Kier alpha value is -1.40. The number of nitrogens with one attached hydrogen (secondary N) is 1. The normalized spacial score (nSPS) is 16.8. The monoisotopic (exact) mass is 366 g/mol. The summed E-state index contributed by atoms with van der Waals surface area (Å²) < 4.78 is 25.8. The van der Waals surface area contributed by atoms with Crippen molar-refractivity contribution in [1.29, 1.82) is 0 Å². The zero-order valence-electron chi connectivity index (χ0n) is 15.5. The minimum absolute atomic E-state index is 0.0168. The first-order valence-corrected chi connectivity index (χ1v) is 10.9. The van der Waals surface area contributed by atoms with Crippen molar-refractivity contribution in [2.75, 3.05) is 24.2 Å². The average molecular weight is 367 g/mol. The molecule has 0 radical (unpaired) electrons. The second kappa shape index (κ2) is 8.81. The topological polar surface area (TPSA) is 66.5 Å². The van der Waals surface area contributed by atoms with E-state index >= 15 is 0 Å². The molecular formula is C19H30N2O3S. The van der Waals surface area contributed by atoms with Gasteiger partial charge in [0.05, 0.1) is 5.75 Å². The minimum atomic E-state index is -3.16. The average Bonchev–Trinajstić information content (AvgIpc) is 2.61. The van der Waals surface area contributed by atoms with Gasteiger partial charge in [-0.3, -0.25) is 4.79 Å². The molecule has 0 aromatic heterocycles. The minimum Gasteiger partial charge on any atom is -0.325 e. The van der Waals surface area contributed by atoms with E-state index in [1.165, 1.54) is 4.31 Å². The Morgan fingerprint density at radius 2 is 1.68 bits per heavy atom.